The van der Waals surface area contributed by atoms with Crippen LogP contribution in [0.25, 0.3) is 0 Å². The summed E-state index contributed by atoms with van der Waals surface area (Å²) in [5.74, 6) is 0. The molecule has 1 fully saturated rings. The van der Waals surface area contributed by atoms with Crippen molar-refractivity contribution in [2.75, 3.05) is 0 Å². The minimum absolute atomic E-state index is 0.668. The largest absolute Gasteiger partial charge is 0.0696 e. The lowest BCUT2D eigenvalue weighted by molar-refractivity contribution is 1.12. The van der Waals surface area contributed by atoms with Crippen LogP contribution in [0, 0.1) is 0 Å². The van der Waals surface area contributed by atoms with Crippen molar-refractivity contribution >= 4 is 16.1 Å². The average molecular weight is 172 g/mol. The Morgan fingerprint density at radius 3 is 1.40 bits per heavy atom. The van der Waals surface area contributed by atoms with Crippen molar-refractivity contribution in [3.05, 3.63) is 0 Å². The summed E-state index contributed by atoms with van der Waals surface area (Å²) < 4.78 is 0. The van der Waals surface area contributed by atoms with Crippen LogP contribution in [-0.4, -0.2) is 16.1 Å². The third-order valence-electron chi connectivity index (χ3n) is 3.30. The molecule has 0 aromatic rings. The third kappa shape index (κ3) is 1.12. The minimum Gasteiger partial charge on any atom is -0.0696 e. The van der Waals surface area contributed by atoms with E-state index in [-0.39, 0.29) is 0 Å². The molecule has 0 amide bonds. The van der Waals surface area contributed by atoms with Gasteiger partial charge in [0.15, 0.2) is 0 Å². The predicted molar refractivity (Wildman–Crippen MR) is 54.0 cm³/mol. The second-order valence-electron chi connectivity index (χ2n) is 5.45. The molecule has 0 radical (unpaired) electrons. The van der Waals surface area contributed by atoms with Gasteiger partial charge in [0.25, 0.3) is 0 Å². The van der Waals surface area contributed by atoms with Gasteiger partial charge in [-0.05, 0) is 5.16 Å². The summed E-state index contributed by atoms with van der Waals surface area (Å²) in [4.78, 5) is 0. The molecule has 0 nitrogen and oxygen atoms in total. The Kier molecular flexibility index (Phi) is 1.68. The molecule has 2 atom stereocenters. The van der Waals surface area contributed by atoms with E-state index in [0.717, 1.165) is 5.54 Å². The Labute approximate surface area is 67.0 Å². The van der Waals surface area contributed by atoms with E-state index in [1.165, 1.54) is 5.16 Å². The fourth-order valence-corrected chi connectivity index (χ4v) is 19.3. The highest BCUT2D eigenvalue weighted by Crippen LogP contribution is 2.63. The van der Waals surface area contributed by atoms with E-state index in [4.69, 9.17) is 0 Å². The van der Waals surface area contributed by atoms with Gasteiger partial charge in [0.1, 0.15) is 0 Å². The SMILES string of the molecule is CC1C([Si](C)(C)C)[Si]1(C)C. The van der Waals surface area contributed by atoms with Crippen LogP contribution in [0.3, 0.4) is 0 Å². The lowest BCUT2D eigenvalue weighted by Gasteiger charge is -2.17. The van der Waals surface area contributed by atoms with Crippen molar-refractivity contribution in [2.45, 2.75) is 50.4 Å². The summed E-state index contributed by atoms with van der Waals surface area (Å²) in [6.45, 7) is 15.2. The molecule has 0 aromatic heterocycles. The fourth-order valence-electron chi connectivity index (χ4n) is 2.76. The summed E-state index contributed by atoms with van der Waals surface area (Å²) in [6.07, 6.45) is 0. The van der Waals surface area contributed by atoms with Crippen LogP contribution >= 0.6 is 0 Å². The fraction of sp³-hybridized carbons (Fsp3) is 1.00. The van der Waals surface area contributed by atoms with Gasteiger partial charge in [-0.1, -0.05) is 45.2 Å². The predicted octanol–water partition coefficient (Wildman–Crippen LogP) is 3.35. The van der Waals surface area contributed by atoms with E-state index in [2.05, 4.69) is 39.7 Å². The van der Waals surface area contributed by atoms with Crippen molar-refractivity contribution in [2.24, 2.45) is 0 Å². The van der Waals surface area contributed by atoms with Gasteiger partial charge in [0, 0.05) is 8.07 Å². The maximum Gasteiger partial charge on any atom is 0.0503 e. The zero-order valence-electron chi connectivity index (χ0n) is 8.15. The van der Waals surface area contributed by atoms with Crippen molar-refractivity contribution in [3.8, 4) is 0 Å². The second kappa shape index (κ2) is 1.97. The molecule has 1 heterocycles. The van der Waals surface area contributed by atoms with Gasteiger partial charge in [-0.3, -0.25) is 0 Å². The van der Waals surface area contributed by atoms with Crippen LogP contribution in [0.5, 0.6) is 0 Å². The van der Waals surface area contributed by atoms with E-state index in [1.54, 1.807) is 0 Å². The smallest absolute Gasteiger partial charge is 0.0503 e. The van der Waals surface area contributed by atoms with Crippen LogP contribution < -0.4 is 0 Å². The van der Waals surface area contributed by atoms with Crippen LogP contribution in [0.1, 0.15) is 6.92 Å². The first-order chi connectivity index (χ1) is 4.28. The van der Waals surface area contributed by atoms with E-state index >= 15 is 0 Å². The van der Waals surface area contributed by atoms with Crippen LogP contribution in [0.4, 0.5) is 0 Å². The van der Waals surface area contributed by atoms with E-state index in [9.17, 15) is 0 Å². The minimum atomic E-state index is -0.760. The first kappa shape index (κ1) is 8.53. The Morgan fingerprint density at radius 1 is 1.10 bits per heavy atom. The molecule has 1 saturated heterocycles. The summed E-state index contributed by atoms with van der Waals surface area (Å²) in [6, 6.07) is 0. The highest BCUT2D eigenvalue weighted by molar-refractivity contribution is 7.07. The first-order valence-corrected chi connectivity index (χ1v) is 11.0. The third-order valence-corrected chi connectivity index (χ3v) is 15.2. The van der Waals surface area contributed by atoms with Crippen LogP contribution in [0.2, 0.25) is 43.4 Å². The van der Waals surface area contributed by atoms with Gasteiger partial charge in [0.05, 0.1) is 8.07 Å². The molecule has 2 unspecified atom stereocenters. The molecule has 1 aliphatic heterocycles. The molecule has 0 bridgehead atoms. The van der Waals surface area contributed by atoms with Gasteiger partial charge in [-0.15, -0.1) is 0 Å². The van der Waals surface area contributed by atoms with Gasteiger partial charge < -0.3 is 0 Å². The number of rotatable bonds is 1. The van der Waals surface area contributed by atoms with Crippen molar-refractivity contribution < 1.29 is 0 Å². The Balaban J connectivity index is 2.66. The van der Waals surface area contributed by atoms with Gasteiger partial charge in [0.2, 0.25) is 0 Å². The standard InChI is InChI=1S/C8H20Si2/c1-7-8(9(2,3)4)10(7,5)6/h7-8H,1-6H3. The highest BCUT2D eigenvalue weighted by atomic mass is 28.4. The lowest BCUT2D eigenvalue weighted by atomic mass is 10.6. The molecule has 60 valence electrons. The maximum atomic E-state index is 2.56. The molecule has 0 aromatic carbocycles. The van der Waals surface area contributed by atoms with Gasteiger partial charge in [-0.25, -0.2) is 0 Å². The van der Waals surface area contributed by atoms with E-state index < -0.39 is 16.1 Å². The molecular formula is C8H20Si2. The molecule has 0 aliphatic carbocycles. The van der Waals surface area contributed by atoms with Gasteiger partial charge >= 0.3 is 0 Å². The Morgan fingerprint density at radius 2 is 1.40 bits per heavy atom. The van der Waals surface area contributed by atoms with E-state index in [0.29, 0.717) is 0 Å². The maximum absolute atomic E-state index is 2.56. The van der Waals surface area contributed by atoms with Crippen LogP contribution in [0.15, 0.2) is 0 Å². The molecule has 1 aliphatic rings. The Hall–Kier alpha value is 0.434. The second-order valence-corrected chi connectivity index (χ2v) is 16.6. The molecule has 0 saturated carbocycles. The van der Waals surface area contributed by atoms with E-state index in [1.807, 2.05) is 0 Å². The van der Waals surface area contributed by atoms with Crippen molar-refractivity contribution in [1.82, 2.24) is 0 Å². The summed E-state index contributed by atoms with van der Waals surface area (Å²) in [5, 5.41) is 1.21. The van der Waals surface area contributed by atoms with Crippen LogP contribution in [-0.2, 0) is 0 Å². The topological polar surface area (TPSA) is 0 Å². The Bertz CT molecular complexity index is 134. The zero-order chi connectivity index (χ0) is 8.15. The lowest BCUT2D eigenvalue weighted by Crippen LogP contribution is -2.25. The molecule has 1 rings (SSSR count). The normalized spacial score (nSPS) is 37.8. The molecule has 0 spiro atoms. The average Bonchev–Trinajstić information content (AvgIpc) is 2.03. The molecule has 2 heteroatoms. The summed E-state index contributed by atoms with van der Waals surface area (Å²) in [5.41, 5.74) is 1.12. The highest BCUT2D eigenvalue weighted by Gasteiger charge is 2.61. The molecular weight excluding hydrogens is 152 g/mol. The van der Waals surface area contributed by atoms with Crippen molar-refractivity contribution in [3.63, 3.8) is 0 Å². The number of hydrogen-bond acceptors (Lipinski definition) is 0. The molecule has 0 N–H and O–H groups in total. The summed E-state index contributed by atoms with van der Waals surface area (Å²) >= 11 is 0. The quantitative estimate of drug-likeness (QED) is 0.532. The van der Waals surface area contributed by atoms with Gasteiger partial charge in [-0.2, -0.15) is 0 Å². The number of hydrogen-bond donors (Lipinski definition) is 0. The summed E-state index contributed by atoms with van der Waals surface area (Å²) in [7, 11) is -1.43. The van der Waals surface area contributed by atoms with Crippen molar-refractivity contribution in [1.29, 1.82) is 0 Å². The monoisotopic (exact) mass is 172 g/mol. The molecule has 10 heavy (non-hydrogen) atoms. The first-order valence-electron chi connectivity index (χ1n) is 4.28. The zero-order valence-corrected chi connectivity index (χ0v) is 10.2.